The van der Waals surface area contributed by atoms with Crippen molar-refractivity contribution >= 4 is 9.84 Å². The van der Waals surface area contributed by atoms with Crippen LogP contribution in [0, 0.1) is 11.6 Å². The molecule has 6 heteroatoms. The smallest absolute Gasteiger partial charge is 0.178 e. The maximum atomic E-state index is 13.8. The number of rotatable bonds is 5. The quantitative estimate of drug-likeness (QED) is 0.649. The van der Waals surface area contributed by atoms with Crippen LogP contribution in [0.4, 0.5) is 8.78 Å². The summed E-state index contributed by atoms with van der Waals surface area (Å²) in [5.74, 6) is -1.70. The lowest BCUT2D eigenvalue weighted by Crippen LogP contribution is -2.07. The van der Waals surface area contributed by atoms with E-state index in [0.29, 0.717) is 19.4 Å². The van der Waals surface area contributed by atoms with E-state index in [0.717, 1.165) is 18.4 Å². The lowest BCUT2D eigenvalue weighted by molar-refractivity contribution is 0.523. The molecule has 3 nitrogen and oxygen atoms in total. The van der Waals surface area contributed by atoms with Crippen molar-refractivity contribution in [1.82, 2.24) is 0 Å². The zero-order valence-electron chi connectivity index (χ0n) is 9.54. The molecule has 0 radical (unpaired) electrons. The number of nitrogens with two attached hydrogens (primary N) is 1. The Bertz CT molecular complexity index is 500. The molecule has 96 valence electrons. The van der Waals surface area contributed by atoms with Gasteiger partial charge in [-0.3, -0.25) is 0 Å². The van der Waals surface area contributed by atoms with Crippen molar-refractivity contribution in [3.8, 4) is 0 Å². The Morgan fingerprint density at radius 1 is 1.24 bits per heavy atom. The van der Waals surface area contributed by atoms with E-state index in [9.17, 15) is 17.2 Å². The highest BCUT2D eigenvalue weighted by atomic mass is 32.2. The van der Waals surface area contributed by atoms with Crippen LogP contribution in [0.3, 0.4) is 0 Å². The number of hydrogen-bond acceptors (Lipinski definition) is 3. The van der Waals surface area contributed by atoms with Gasteiger partial charge in [-0.2, -0.15) is 0 Å². The average Bonchev–Trinajstić information content (AvgIpc) is 2.21. The molecule has 2 N–H and O–H groups in total. The van der Waals surface area contributed by atoms with Gasteiger partial charge >= 0.3 is 0 Å². The first-order valence-electron chi connectivity index (χ1n) is 5.25. The molecule has 1 aromatic rings. The van der Waals surface area contributed by atoms with Gasteiger partial charge in [-0.15, -0.1) is 0 Å². The molecular weight excluding hydrogens is 248 g/mol. The van der Waals surface area contributed by atoms with E-state index >= 15 is 0 Å². The average molecular weight is 263 g/mol. The van der Waals surface area contributed by atoms with Crippen molar-refractivity contribution < 1.29 is 17.2 Å². The van der Waals surface area contributed by atoms with Crippen LogP contribution in [0.2, 0.25) is 0 Å². The van der Waals surface area contributed by atoms with Crippen molar-refractivity contribution in [1.29, 1.82) is 0 Å². The summed E-state index contributed by atoms with van der Waals surface area (Å²) in [5.41, 5.74) is 5.11. The molecule has 1 aromatic carbocycles. The number of unbranched alkanes of at least 4 members (excludes halogenated alkanes) is 1. The second-order valence-electron chi connectivity index (χ2n) is 3.86. The second kappa shape index (κ2) is 5.55. The Balaban J connectivity index is 3.12. The minimum absolute atomic E-state index is 0.151. The highest BCUT2D eigenvalue weighted by molar-refractivity contribution is 7.90. The van der Waals surface area contributed by atoms with Crippen LogP contribution in [-0.4, -0.2) is 21.2 Å². The molecule has 0 aliphatic carbocycles. The Labute approximate surface area is 99.6 Å². The fourth-order valence-electron chi connectivity index (χ4n) is 1.54. The second-order valence-corrected chi connectivity index (χ2v) is 5.84. The van der Waals surface area contributed by atoms with Gasteiger partial charge in [-0.1, -0.05) is 0 Å². The Hall–Kier alpha value is -1.01. The van der Waals surface area contributed by atoms with E-state index in [1.54, 1.807) is 0 Å². The van der Waals surface area contributed by atoms with Crippen LogP contribution < -0.4 is 5.73 Å². The van der Waals surface area contributed by atoms with Crippen LogP contribution in [0.5, 0.6) is 0 Å². The highest BCUT2D eigenvalue weighted by Gasteiger charge is 2.19. The fourth-order valence-corrected chi connectivity index (χ4v) is 2.30. The largest absolute Gasteiger partial charge is 0.330 e. The fraction of sp³-hybridized carbons (Fsp3) is 0.455. The number of sulfone groups is 1. The van der Waals surface area contributed by atoms with Crippen molar-refractivity contribution in [2.45, 2.75) is 24.2 Å². The van der Waals surface area contributed by atoms with E-state index in [-0.39, 0.29) is 12.0 Å². The maximum absolute atomic E-state index is 13.8. The topological polar surface area (TPSA) is 60.2 Å². The minimum Gasteiger partial charge on any atom is -0.330 e. The van der Waals surface area contributed by atoms with Crippen molar-refractivity contribution in [3.05, 3.63) is 29.3 Å². The minimum atomic E-state index is -3.67. The molecule has 0 aromatic heterocycles. The summed E-state index contributed by atoms with van der Waals surface area (Å²) in [6.07, 6.45) is 2.21. The first kappa shape index (κ1) is 14.1. The lowest BCUT2D eigenvalue weighted by atomic mass is 10.1. The Kier molecular flexibility index (Phi) is 4.59. The van der Waals surface area contributed by atoms with E-state index in [4.69, 9.17) is 5.73 Å². The standard InChI is InChI=1S/C11H15F2NO2S/c1-17(15,16)10-6-5-9(12)8(11(10)13)4-2-3-7-14/h5-6H,2-4,7,14H2,1H3. The van der Waals surface area contributed by atoms with E-state index in [1.165, 1.54) is 0 Å². The molecule has 0 aliphatic rings. The molecule has 0 unspecified atom stereocenters. The molecular formula is C11H15F2NO2S. The first-order chi connectivity index (χ1) is 7.88. The zero-order valence-corrected chi connectivity index (χ0v) is 10.4. The summed E-state index contributed by atoms with van der Waals surface area (Å²) in [5, 5.41) is 0. The molecule has 0 amide bonds. The van der Waals surface area contributed by atoms with Gasteiger partial charge < -0.3 is 5.73 Å². The number of benzene rings is 1. The van der Waals surface area contributed by atoms with E-state index in [2.05, 4.69) is 0 Å². The molecule has 0 saturated heterocycles. The van der Waals surface area contributed by atoms with Crippen molar-refractivity contribution in [2.24, 2.45) is 5.73 Å². The third kappa shape index (κ3) is 3.47. The maximum Gasteiger partial charge on any atom is 0.178 e. The van der Waals surface area contributed by atoms with Gasteiger partial charge in [0.15, 0.2) is 9.84 Å². The zero-order chi connectivity index (χ0) is 13.1. The number of halogens is 2. The van der Waals surface area contributed by atoms with Gasteiger partial charge in [-0.05, 0) is 37.9 Å². The molecule has 0 heterocycles. The molecule has 0 aliphatic heterocycles. The van der Waals surface area contributed by atoms with Crippen LogP contribution >= 0.6 is 0 Å². The predicted molar refractivity (Wildman–Crippen MR) is 61.5 cm³/mol. The Morgan fingerprint density at radius 3 is 2.41 bits per heavy atom. The summed E-state index contributed by atoms with van der Waals surface area (Å²) in [6.45, 7) is 0.439. The van der Waals surface area contributed by atoms with E-state index in [1.807, 2.05) is 0 Å². The van der Waals surface area contributed by atoms with Crippen LogP contribution in [0.15, 0.2) is 17.0 Å². The van der Waals surface area contributed by atoms with Crippen molar-refractivity contribution in [2.75, 3.05) is 12.8 Å². The molecule has 0 atom stereocenters. The monoisotopic (exact) mass is 263 g/mol. The summed E-state index contributed by atoms with van der Waals surface area (Å²) < 4.78 is 49.7. The summed E-state index contributed by atoms with van der Waals surface area (Å²) in [6, 6.07) is 1.93. The summed E-state index contributed by atoms with van der Waals surface area (Å²) in [4.78, 5) is -0.457. The van der Waals surface area contributed by atoms with Gasteiger partial charge in [0.25, 0.3) is 0 Å². The predicted octanol–water partition coefficient (Wildman–Crippen LogP) is 1.65. The molecule has 1 rings (SSSR count). The van der Waals surface area contributed by atoms with Crippen LogP contribution in [0.25, 0.3) is 0 Å². The van der Waals surface area contributed by atoms with Gasteiger partial charge in [-0.25, -0.2) is 17.2 Å². The van der Waals surface area contributed by atoms with Gasteiger partial charge in [0.1, 0.15) is 16.5 Å². The van der Waals surface area contributed by atoms with Crippen LogP contribution in [-0.2, 0) is 16.3 Å². The Morgan fingerprint density at radius 2 is 1.88 bits per heavy atom. The van der Waals surface area contributed by atoms with E-state index < -0.39 is 26.4 Å². The highest BCUT2D eigenvalue weighted by Crippen LogP contribution is 2.22. The molecule has 0 saturated carbocycles. The van der Waals surface area contributed by atoms with Crippen LogP contribution in [0.1, 0.15) is 18.4 Å². The summed E-state index contributed by atoms with van der Waals surface area (Å²) >= 11 is 0. The van der Waals surface area contributed by atoms with Gasteiger partial charge in [0.2, 0.25) is 0 Å². The lowest BCUT2D eigenvalue weighted by Gasteiger charge is -2.08. The summed E-state index contributed by atoms with van der Waals surface area (Å²) in [7, 11) is -3.67. The van der Waals surface area contributed by atoms with Gasteiger partial charge in [0.05, 0.1) is 0 Å². The molecule has 0 bridgehead atoms. The first-order valence-corrected chi connectivity index (χ1v) is 7.14. The third-order valence-corrected chi connectivity index (χ3v) is 3.55. The molecule has 0 spiro atoms. The molecule has 17 heavy (non-hydrogen) atoms. The number of hydrogen-bond donors (Lipinski definition) is 1. The molecule has 0 fully saturated rings. The third-order valence-electron chi connectivity index (χ3n) is 2.43. The normalized spacial score (nSPS) is 11.8. The van der Waals surface area contributed by atoms with Crippen molar-refractivity contribution in [3.63, 3.8) is 0 Å². The van der Waals surface area contributed by atoms with Gasteiger partial charge in [0, 0.05) is 11.8 Å². The SMILES string of the molecule is CS(=O)(=O)c1ccc(F)c(CCCCN)c1F.